The molecule has 0 spiro atoms. The summed E-state index contributed by atoms with van der Waals surface area (Å²) >= 11 is 0. The van der Waals surface area contributed by atoms with E-state index in [4.69, 9.17) is 9.57 Å². The molecule has 2 N–H and O–H groups in total. The first-order valence-electron chi connectivity index (χ1n) is 7.54. The summed E-state index contributed by atoms with van der Waals surface area (Å²) in [6.45, 7) is 0.616. The van der Waals surface area contributed by atoms with Gasteiger partial charge in [-0.05, 0) is 37.1 Å². The molecule has 1 aliphatic heterocycles. The van der Waals surface area contributed by atoms with Gasteiger partial charge >= 0.3 is 0 Å². The van der Waals surface area contributed by atoms with Crippen molar-refractivity contribution >= 4 is 5.91 Å². The summed E-state index contributed by atoms with van der Waals surface area (Å²) in [5, 5.41) is 6.77. The molecule has 2 aromatic rings. The molecule has 0 radical (unpaired) electrons. The fourth-order valence-corrected chi connectivity index (χ4v) is 2.18. The summed E-state index contributed by atoms with van der Waals surface area (Å²) in [6, 6.07) is 5.66. The SMILES string of the molecule is O=C1CC=C(CCCCOc2ccc(-c3ccn[nH]3)nc2)ON1. The van der Waals surface area contributed by atoms with Crippen LogP contribution in [0.25, 0.3) is 11.4 Å². The number of allylic oxidation sites excluding steroid dienone is 1. The molecule has 0 saturated carbocycles. The molecule has 1 aliphatic rings. The van der Waals surface area contributed by atoms with Crippen LogP contribution in [0, 0.1) is 0 Å². The Kier molecular flexibility index (Phi) is 4.88. The van der Waals surface area contributed by atoms with E-state index in [1.807, 2.05) is 24.3 Å². The predicted molar refractivity (Wildman–Crippen MR) is 83.1 cm³/mol. The Balaban J connectivity index is 1.37. The van der Waals surface area contributed by atoms with E-state index in [-0.39, 0.29) is 5.91 Å². The van der Waals surface area contributed by atoms with Gasteiger partial charge in [-0.2, -0.15) is 10.6 Å². The highest BCUT2D eigenvalue weighted by atomic mass is 16.7. The Labute approximate surface area is 133 Å². The largest absolute Gasteiger partial charge is 0.492 e. The number of nitrogens with one attached hydrogen (secondary N) is 2. The van der Waals surface area contributed by atoms with Gasteiger partial charge in [-0.15, -0.1) is 0 Å². The monoisotopic (exact) mass is 314 g/mol. The maximum Gasteiger partial charge on any atom is 0.256 e. The summed E-state index contributed by atoms with van der Waals surface area (Å²) in [5.74, 6) is 1.45. The number of hydrogen-bond donors (Lipinski definition) is 2. The van der Waals surface area contributed by atoms with E-state index < -0.39 is 0 Å². The Morgan fingerprint density at radius 1 is 1.26 bits per heavy atom. The van der Waals surface area contributed by atoms with Crippen molar-refractivity contribution in [1.29, 1.82) is 0 Å². The first-order valence-corrected chi connectivity index (χ1v) is 7.54. The first-order chi connectivity index (χ1) is 11.3. The van der Waals surface area contributed by atoms with Crippen molar-refractivity contribution in [2.45, 2.75) is 25.7 Å². The molecule has 0 bridgehead atoms. The molecule has 7 nitrogen and oxygen atoms in total. The van der Waals surface area contributed by atoms with E-state index in [1.54, 1.807) is 12.4 Å². The van der Waals surface area contributed by atoms with Gasteiger partial charge in [0, 0.05) is 12.6 Å². The number of unbranched alkanes of at least 4 members (excludes halogenated alkanes) is 1. The van der Waals surface area contributed by atoms with Crippen LogP contribution in [0.5, 0.6) is 5.75 Å². The van der Waals surface area contributed by atoms with Crippen LogP contribution in [-0.4, -0.2) is 27.7 Å². The van der Waals surface area contributed by atoms with Crippen molar-refractivity contribution < 1.29 is 14.4 Å². The number of aromatic amines is 1. The lowest BCUT2D eigenvalue weighted by Gasteiger charge is -2.14. The maximum absolute atomic E-state index is 10.9. The van der Waals surface area contributed by atoms with Crippen LogP contribution in [0.3, 0.4) is 0 Å². The lowest BCUT2D eigenvalue weighted by Crippen LogP contribution is -2.26. The molecule has 0 aromatic carbocycles. The molecule has 1 amide bonds. The zero-order chi connectivity index (χ0) is 15.9. The molecule has 23 heavy (non-hydrogen) atoms. The smallest absolute Gasteiger partial charge is 0.256 e. The molecule has 3 heterocycles. The van der Waals surface area contributed by atoms with E-state index in [0.717, 1.165) is 42.2 Å². The predicted octanol–water partition coefficient (Wildman–Crippen LogP) is 2.36. The number of carbonyl (C=O) groups excluding carboxylic acids is 1. The second kappa shape index (κ2) is 7.44. The van der Waals surface area contributed by atoms with Crippen molar-refractivity contribution in [3.8, 4) is 17.1 Å². The van der Waals surface area contributed by atoms with Gasteiger partial charge in [0.1, 0.15) is 11.5 Å². The fraction of sp³-hybridized carbons (Fsp3) is 0.312. The normalized spacial score (nSPS) is 13.9. The molecule has 7 heteroatoms. The Bertz CT molecular complexity index is 665. The molecule has 120 valence electrons. The number of amides is 1. The summed E-state index contributed by atoms with van der Waals surface area (Å²) in [6.07, 6.45) is 8.23. The third-order valence-corrected chi connectivity index (χ3v) is 3.41. The second-order valence-electron chi connectivity index (χ2n) is 5.16. The fourth-order valence-electron chi connectivity index (χ4n) is 2.18. The highest BCUT2D eigenvalue weighted by Gasteiger charge is 2.09. The lowest BCUT2D eigenvalue weighted by molar-refractivity contribution is -0.131. The first kappa shape index (κ1) is 15.1. The van der Waals surface area contributed by atoms with Crippen molar-refractivity contribution in [1.82, 2.24) is 20.7 Å². The molecule has 0 saturated heterocycles. The molecule has 0 atom stereocenters. The van der Waals surface area contributed by atoms with Gasteiger partial charge in [-0.25, -0.2) is 0 Å². The highest BCUT2D eigenvalue weighted by Crippen LogP contribution is 2.17. The van der Waals surface area contributed by atoms with Crippen LogP contribution in [-0.2, 0) is 9.63 Å². The second-order valence-corrected chi connectivity index (χ2v) is 5.16. The molecule has 0 fully saturated rings. The Morgan fingerprint density at radius 3 is 2.91 bits per heavy atom. The van der Waals surface area contributed by atoms with Crippen molar-refractivity contribution in [2.75, 3.05) is 6.61 Å². The Hall–Kier alpha value is -2.83. The van der Waals surface area contributed by atoms with Gasteiger partial charge in [-0.3, -0.25) is 14.9 Å². The average Bonchev–Trinajstić information content (AvgIpc) is 3.11. The van der Waals surface area contributed by atoms with Gasteiger partial charge in [0.15, 0.2) is 0 Å². The summed E-state index contributed by atoms with van der Waals surface area (Å²) < 4.78 is 5.67. The van der Waals surface area contributed by atoms with Gasteiger partial charge in [0.25, 0.3) is 5.91 Å². The minimum atomic E-state index is -0.108. The number of H-pyrrole nitrogens is 1. The molecular weight excluding hydrogens is 296 g/mol. The lowest BCUT2D eigenvalue weighted by atomic mass is 10.2. The van der Waals surface area contributed by atoms with Crippen molar-refractivity contribution in [3.63, 3.8) is 0 Å². The Morgan fingerprint density at radius 2 is 2.22 bits per heavy atom. The van der Waals surface area contributed by atoms with E-state index in [0.29, 0.717) is 13.0 Å². The van der Waals surface area contributed by atoms with Gasteiger partial charge in [0.2, 0.25) is 0 Å². The highest BCUT2D eigenvalue weighted by molar-refractivity contribution is 5.77. The van der Waals surface area contributed by atoms with Gasteiger partial charge in [0.05, 0.1) is 30.6 Å². The maximum atomic E-state index is 10.9. The topological polar surface area (TPSA) is 89.1 Å². The van der Waals surface area contributed by atoms with Crippen LogP contribution in [0.2, 0.25) is 0 Å². The van der Waals surface area contributed by atoms with Crippen LogP contribution < -0.4 is 10.2 Å². The number of ether oxygens (including phenoxy) is 1. The van der Waals surface area contributed by atoms with Crippen molar-refractivity contribution in [3.05, 3.63) is 42.4 Å². The molecule has 0 unspecified atom stereocenters. The van der Waals surface area contributed by atoms with Crippen LogP contribution in [0.1, 0.15) is 25.7 Å². The van der Waals surface area contributed by atoms with Crippen LogP contribution in [0.4, 0.5) is 0 Å². The third kappa shape index (κ3) is 4.32. The number of pyridine rings is 1. The number of hydrogen-bond acceptors (Lipinski definition) is 5. The van der Waals surface area contributed by atoms with Crippen LogP contribution >= 0.6 is 0 Å². The minimum Gasteiger partial charge on any atom is -0.492 e. The number of aromatic nitrogens is 3. The zero-order valence-corrected chi connectivity index (χ0v) is 12.6. The average molecular weight is 314 g/mol. The van der Waals surface area contributed by atoms with E-state index in [2.05, 4.69) is 20.7 Å². The van der Waals surface area contributed by atoms with E-state index >= 15 is 0 Å². The van der Waals surface area contributed by atoms with Crippen molar-refractivity contribution in [2.24, 2.45) is 0 Å². The number of hydroxylamine groups is 1. The summed E-state index contributed by atoms with van der Waals surface area (Å²) in [7, 11) is 0. The van der Waals surface area contributed by atoms with Gasteiger partial charge < -0.3 is 9.57 Å². The summed E-state index contributed by atoms with van der Waals surface area (Å²) in [4.78, 5) is 20.4. The third-order valence-electron chi connectivity index (χ3n) is 3.41. The van der Waals surface area contributed by atoms with E-state index in [9.17, 15) is 4.79 Å². The number of rotatable bonds is 7. The molecule has 3 rings (SSSR count). The molecule has 0 aliphatic carbocycles. The number of nitrogens with zero attached hydrogens (tertiary/aromatic N) is 2. The quantitative estimate of drug-likeness (QED) is 0.766. The summed E-state index contributed by atoms with van der Waals surface area (Å²) in [5.41, 5.74) is 4.07. The molecular formula is C16H18N4O3. The number of carbonyl (C=O) groups is 1. The van der Waals surface area contributed by atoms with Crippen LogP contribution in [0.15, 0.2) is 42.4 Å². The van der Waals surface area contributed by atoms with Gasteiger partial charge in [-0.1, -0.05) is 0 Å². The minimum absolute atomic E-state index is 0.108. The van der Waals surface area contributed by atoms with E-state index in [1.165, 1.54) is 0 Å². The molecule has 2 aromatic heterocycles. The standard InChI is InChI=1S/C16H18N4O3/c21-16-7-5-12(23-20-16)3-1-2-10-22-13-4-6-14(17-11-13)15-8-9-18-19-15/h4-6,8-9,11H,1-3,7,10H2,(H,18,19)(H,20,21). The zero-order valence-electron chi connectivity index (χ0n) is 12.6.